The Labute approximate surface area is 360 Å². The van der Waals surface area contributed by atoms with Crippen molar-refractivity contribution in [2.24, 2.45) is 5.92 Å². The molecule has 0 spiro atoms. The molecule has 336 valence electrons. The Hall–Kier alpha value is -4.93. The molecule has 62 heavy (non-hydrogen) atoms. The molecular formula is C46H61F3N8O5. The number of aliphatic hydroxyl groups excluding tert-OH is 1. The summed E-state index contributed by atoms with van der Waals surface area (Å²) in [7, 11) is 3.33. The zero-order chi connectivity index (χ0) is 44.4. The van der Waals surface area contributed by atoms with Gasteiger partial charge in [0.1, 0.15) is 29.9 Å². The Kier molecular flexibility index (Phi) is 14.0. The lowest BCUT2D eigenvalue weighted by Gasteiger charge is -2.35. The number of β-amino-alcohol motifs (C(OH)–C–C–N with tert-alkyl or cyclic N) is 1. The summed E-state index contributed by atoms with van der Waals surface area (Å²) in [5.41, 5.74) is 2.96. The summed E-state index contributed by atoms with van der Waals surface area (Å²) in [5.74, 6) is -2.37. The fourth-order valence-corrected chi connectivity index (χ4v) is 9.87. The number of para-hydroxylation sites is 1. The predicted octanol–water partition coefficient (Wildman–Crippen LogP) is 4.76. The van der Waals surface area contributed by atoms with Crippen molar-refractivity contribution in [3.8, 4) is 11.4 Å². The van der Waals surface area contributed by atoms with E-state index >= 15 is 8.78 Å². The highest BCUT2D eigenvalue weighted by atomic mass is 19.1. The molecule has 7 rings (SSSR count). The van der Waals surface area contributed by atoms with Crippen LogP contribution in [0.5, 0.6) is 0 Å². The third-order valence-corrected chi connectivity index (χ3v) is 13.6. The van der Waals surface area contributed by atoms with Crippen LogP contribution < -0.4 is 21.3 Å². The van der Waals surface area contributed by atoms with E-state index in [0.717, 1.165) is 32.1 Å². The van der Waals surface area contributed by atoms with Crippen molar-refractivity contribution in [2.45, 2.75) is 134 Å². The van der Waals surface area contributed by atoms with Crippen molar-refractivity contribution in [3.05, 3.63) is 59.2 Å². The molecule has 4 heterocycles. The smallest absolute Gasteiger partial charge is 0.245 e. The summed E-state index contributed by atoms with van der Waals surface area (Å²) >= 11 is 0. The number of hydrogen-bond acceptors (Lipinski definition) is 7. The standard InChI is InChI=1S/C46H61F3N8O5/c1-6-37(53-43(59)24(2)50-4)45(61)56-22-28(48)17-29(56)20-34-32-16-15-27(47)18-38(32)52-41(34)42-35(33-13-10-14-36(49)40(33)54-42)21-30-19-31(58)23-57(30)46(62)39(26-11-8-7-9-12-26)55-44(60)25(3)51-5/h10,13-16,18,24-26,28-31,37,39,50-52,54,58H,6-9,11-12,17,19-23H2,1-5H3,(H,53,59)(H,55,60)/t24-,25-,28-,29-,30?,31-,37-,39-/m0/s1. The van der Waals surface area contributed by atoms with Crippen LogP contribution in [0.4, 0.5) is 13.2 Å². The highest BCUT2D eigenvalue weighted by Crippen LogP contribution is 2.40. The average Bonchev–Trinajstić information content (AvgIpc) is 4.03. The Morgan fingerprint density at radius 2 is 1.44 bits per heavy atom. The van der Waals surface area contributed by atoms with Crippen molar-refractivity contribution in [3.63, 3.8) is 0 Å². The second kappa shape index (κ2) is 19.2. The Morgan fingerprint density at radius 1 is 0.806 bits per heavy atom. The van der Waals surface area contributed by atoms with Gasteiger partial charge in [0.05, 0.1) is 41.6 Å². The molecule has 4 amide bonds. The molecule has 0 radical (unpaired) electrons. The van der Waals surface area contributed by atoms with Crippen molar-refractivity contribution in [2.75, 3.05) is 27.2 Å². The molecular weight excluding hydrogens is 802 g/mol. The van der Waals surface area contributed by atoms with Crippen LogP contribution in [-0.2, 0) is 32.0 Å². The van der Waals surface area contributed by atoms with Crippen LogP contribution in [0.2, 0.25) is 0 Å². The molecule has 2 saturated heterocycles. The highest BCUT2D eigenvalue weighted by Gasteiger charge is 2.43. The number of amides is 4. The SMILES string of the molecule is CC[C@H](NC(=O)[C@H](C)NC)C(=O)N1C[C@@H](F)C[C@H]1Cc1c(-c2[nH]c3c(F)cccc3c2CC2C[C@H](O)CN2C(=O)[C@@H](NC(=O)[C@H](C)NC)C2CCCCC2)[nH]c2cc(F)ccc12. The molecule has 4 aromatic rings. The number of carbonyl (C=O) groups is 4. The number of fused-ring (bicyclic) bond motifs is 2. The molecule has 1 saturated carbocycles. The van der Waals surface area contributed by atoms with E-state index in [4.69, 9.17) is 0 Å². The summed E-state index contributed by atoms with van der Waals surface area (Å²) in [6, 6.07) is 5.16. The van der Waals surface area contributed by atoms with Gasteiger partial charge in [0.2, 0.25) is 23.6 Å². The number of likely N-dealkylation sites (tertiary alicyclic amines) is 2. The summed E-state index contributed by atoms with van der Waals surface area (Å²) in [5, 5.41) is 24.0. The highest BCUT2D eigenvalue weighted by molar-refractivity contribution is 5.97. The van der Waals surface area contributed by atoms with Crippen LogP contribution >= 0.6 is 0 Å². The van der Waals surface area contributed by atoms with E-state index < -0.39 is 66.1 Å². The lowest BCUT2D eigenvalue weighted by molar-refractivity contribution is -0.139. The molecule has 16 heteroatoms. The fraction of sp³-hybridized carbons (Fsp3) is 0.565. The molecule has 13 nitrogen and oxygen atoms in total. The van der Waals surface area contributed by atoms with Gasteiger partial charge in [0, 0.05) is 41.3 Å². The van der Waals surface area contributed by atoms with Gasteiger partial charge in [-0.05, 0) is 108 Å². The van der Waals surface area contributed by atoms with E-state index in [2.05, 4.69) is 31.2 Å². The number of likely N-dealkylation sites (N-methyl/N-ethyl adjacent to an activating group) is 2. The van der Waals surface area contributed by atoms with Gasteiger partial charge in [0.25, 0.3) is 0 Å². The number of halogens is 3. The Balaban J connectivity index is 1.27. The maximum Gasteiger partial charge on any atom is 0.245 e. The number of alkyl halides is 1. The summed E-state index contributed by atoms with van der Waals surface area (Å²) in [6.07, 6.45) is 3.31. The first-order valence-electron chi connectivity index (χ1n) is 22.2. The van der Waals surface area contributed by atoms with Crippen molar-refractivity contribution >= 4 is 45.4 Å². The first kappa shape index (κ1) is 45.1. The van der Waals surface area contributed by atoms with E-state index in [0.29, 0.717) is 45.2 Å². The monoisotopic (exact) mass is 862 g/mol. The maximum atomic E-state index is 15.8. The zero-order valence-electron chi connectivity index (χ0n) is 36.3. The van der Waals surface area contributed by atoms with Crippen molar-refractivity contribution in [1.82, 2.24) is 41.0 Å². The van der Waals surface area contributed by atoms with E-state index in [9.17, 15) is 28.7 Å². The van der Waals surface area contributed by atoms with Crippen molar-refractivity contribution < 1.29 is 37.5 Å². The number of nitrogens with one attached hydrogen (secondary N) is 6. The minimum absolute atomic E-state index is 0.0351. The number of aromatic nitrogens is 2. The predicted molar refractivity (Wildman–Crippen MR) is 232 cm³/mol. The molecule has 3 fully saturated rings. The second-order valence-corrected chi connectivity index (χ2v) is 17.6. The minimum Gasteiger partial charge on any atom is -0.391 e. The summed E-state index contributed by atoms with van der Waals surface area (Å²) in [4.78, 5) is 64.7. The van der Waals surface area contributed by atoms with Gasteiger partial charge in [0.15, 0.2) is 0 Å². The second-order valence-electron chi connectivity index (χ2n) is 17.6. The zero-order valence-corrected chi connectivity index (χ0v) is 36.3. The first-order chi connectivity index (χ1) is 29.7. The molecule has 3 aliphatic rings. The Bertz CT molecular complexity index is 2270. The Morgan fingerprint density at radius 3 is 2.11 bits per heavy atom. The average molecular weight is 863 g/mol. The van der Waals surface area contributed by atoms with Gasteiger partial charge in [-0.2, -0.15) is 0 Å². The van der Waals surface area contributed by atoms with E-state index in [1.165, 1.54) is 23.1 Å². The third kappa shape index (κ3) is 9.23. The molecule has 8 atom stereocenters. The van der Waals surface area contributed by atoms with E-state index in [1.807, 2.05) is 0 Å². The molecule has 1 aliphatic carbocycles. The molecule has 1 unspecified atom stereocenters. The third-order valence-electron chi connectivity index (χ3n) is 13.6. The number of benzene rings is 2. The summed E-state index contributed by atoms with van der Waals surface area (Å²) < 4.78 is 46.1. The first-order valence-corrected chi connectivity index (χ1v) is 22.2. The maximum absolute atomic E-state index is 15.8. The lowest BCUT2D eigenvalue weighted by Crippen LogP contribution is -2.56. The van der Waals surface area contributed by atoms with Gasteiger partial charge in [-0.1, -0.05) is 38.3 Å². The molecule has 2 aromatic carbocycles. The van der Waals surface area contributed by atoms with Crippen LogP contribution in [0.15, 0.2) is 36.4 Å². The minimum atomic E-state index is -1.32. The van der Waals surface area contributed by atoms with Gasteiger partial charge in [-0.3, -0.25) is 19.2 Å². The number of hydrogen-bond donors (Lipinski definition) is 7. The largest absolute Gasteiger partial charge is 0.391 e. The van der Waals surface area contributed by atoms with Crippen LogP contribution in [0.1, 0.15) is 83.3 Å². The summed E-state index contributed by atoms with van der Waals surface area (Å²) in [6.45, 7) is 5.10. The molecule has 2 aromatic heterocycles. The lowest BCUT2D eigenvalue weighted by atomic mass is 9.83. The number of aliphatic hydroxyl groups is 1. The molecule has 2 aliphatic heterocycles. The van der Waals surface area contributed by atoms with Crippen LogP contribution in [-0.4, -0.2) is 124 Å². The van der Waals surface area contributed by atoms with Gasteiger partial charge in [-0.25, -0.2) is 13.2 Å². The van der Waals surface area contributed by atoms with Gasteiger partial charge < -0.3 is 46.1 Å². The van der Waals surface area contributed by atoms with Crippen LogP contribution in [0.25, 0.3) is 33.2 Å². The van der Waals surface area contributed by atoms with Crippen LogP contribution in [0.3, 0.4) is 0 Å². The fourth-order valence-electron chi connectivity index (χ4n) is 9.87. The quantitative estimate of drug-likeness (QED) is 0.0903. The number of H-pyrrole nitrogens is 2. The molecule has 7 N–H and O–H groups in total. The van der Waals surface area contributed by atoms with Crippen molar-refractivity contribution in [1.29, 1.82) is 0 Å². The number of nitrogens with zero attached hydrogens (tertiary/aromatic N) is 2. The number of rotatable bonds is 15. The number of carbonyl (C=O) groups excluding carboxylic acids is 4. The van der Waals surface area contributed by atoms with Crippen LogP contribution in [0, 0.1) is 17.6 Å². The normalized spacial score (nSPS) is 22.9. The van der Waals surface area contributed by atoms with E-state index in [1.54, 1.807) is 58.0 Å². The van der Waals surface area contributed by atoms with E-state index in [-0.39, 0.29) is 67.9 Å². The van der Waals surface area contributed by atoms with Gasteiger partial charge in [-0.15, -0.1) is 0 Å². The molecule has 0 bridgehead atoms. The van der Waals surface area contributed by atoms with Gasteiger partial charge >= 0.3 is 0 Å². The topological polar surface area (TPSA) is 175 Å². The number of aromatic amines is 2.